The topological polar surface area (TPSA) is 23.5 Å². The molecule has 1 fully saturated rings. The van der Waals surface area contributed by atoms with E-state index in [2.05, 4.69) is 36.1 Å². The Bertz CT molecular complexity index is 307. The molecular formula is C13H19NO. The zero-order valence-corrected chi connectivity index (χ0v) is 9.32. The quantitative estimate of drug-likeness (QED) is 0.813. The summed E-state index contributed by atoms with van der Waals surface area (Å²) in [5.74, 6) is 0. The summed E-state index contributed by atoms with van der Waals surface area (Å²) < 4.78 is 0. The number of hydrogen-bond acceptors (Lipinski definition) is 2. The number of nitrogens with zero attached hydrogens (tertiary/aromatic N) is 1. The lowest BCUT2D eigenvalue weighted by Gasteiger charge is -2.14. The summed E-state index contributed by atoms with van der Waals surface area (Å²) in [6, 6.07) is 8.79. The Labute approximate surface area is 91.5 Å². The van der Waals surface area contributed by atoms with E-state index in [-0.39, 0.29) is 6.10 Å². The normalized spacial score (nSPS) is 22.1. The summed E-state index contributed by atoms with van der Waals surface area (Å²) in [4.78, 5) is 2.31. The van der Waals surface area contributed by atoms with Crippen LogP contribution in [0.15, 0.2) is 24.3 Å². The number of aryl methyl sites for hydroxylation is 1. The van der Waals surface area contributed by atoms with E-state index in [0.29, 0.717) is 0 Å². The first-order valence-corrected chi connectivity index (χ1v) is 5.76. The van der Waals surface area contributed by atoms with Crippen molar-refractivity contribution < 1.29 is 5.11 Å². The summed E-state index contributed by atoms with van der Waals surface area (Å²) in [6.45, 7) is 5.00. The monoisotopic (exact) mass is 205 g/mol. The molecule has 2 rings (SSSR count). The zero-order valence-electron chi connectivity index (χ0n) is 9.32. The lowest BCUT2D eigenvalue weighted by atomic mass is 10.1. The maximum Gasteiger partial charge on any atom is 0.0679 e. The molecule has 1 N–H and O–H groups in total. The first-order chi connectivity index (χ1) is 7.28. The maximum absolute atomic E-state index is 9.42. The van der Waals surface area contributed by atoms with Gasteiger partial charge >= 0.3 is 0 Å². The number of β-amino-alcohol motifs (C(OH)–C–C–N with tert-alkyl or cyclic N) is 1. The van der Waals surface area contributed by atoms with Gasteiger partial charge in [-0.05, 0) is 24.0 Å². The lowest BCUT2D eigenvalue weighted by Crippen LogP contribution is -2.21. The fourth-order valence-electron chi connectivity index (χ4n) is 2.09. The molecule has 0 aromatic heterocycles. The molecule has 0 saturated carbocycles. The molecule has 1 aliphatic heterocycles. The van der Waals surface area contributed by atoms with E-state index >= 15 is 0 Å². The maximum atomic E-state index is 9.42. The number of likely N-dealkylation sites (tertiary alicyclic amines) is 1. The highest BCUT2D eigenvalue weighted by Crippen LogP contribution is 2.14. The van der Waals surface area contributed by atoms with E-state index in [9.17, 15) is 5.11 Å². The van der Waals surface area contributed by atoms with Crippen molar-refractivity contribution in [2.45, 2.75) is 32.4 Å². The Balaban J connectivity index is 1.93. The van der Waals surface area contributed by atoms with E-state index in [4.69, 9.17) is 0 Å². The third-order valence-electron chi connectivity index (χ3n) is 3.08. The summed E-state index contributed by atoms with van der Waals surface area (Å²) in [5.41, 5.74) is 2.74. The van der Waals surface area contributed by atoms with Crippen LogP contribution >= 0.6 is 0 Å². The molecule has 0 unspecified atom stereocenters. The molecule has 0 bridgehead atoms. The molecule has 0 amide bonds. The van der Waals surface area contributed by atoms with Crippen molar-refractivity contribution in [3.05, 3.63) is 35.4 Å². The van der Waals surface area contributed by atoms with E-state index in [1.54, 1.807) is 0 Å². The van der Waals surface area contributed by atoms with Crippen LogP contribution in [0.2, 0.25) is 0 Å². The number of benzene rings is 1. The summed E-state index contributed by atoms with van der Waals surface area (Å²) in [6.07, 6.45) is 1.91. The molecule has 1 aliphatic rings. The second kappa shape index (κ2) is 4.77. The number of hydrogen-bond donors (Lipinski definition) is 1. The molecule has 0 radical (unpaired) electrons. The van der Waals surface area contributed by atoms with Gasteiger partial charge in [-0.1, -0.05) is 31.2 Å². The van der Waals surface area contributed by atoms with E-state index in [1.807, 2.05) is 0 Å². The molecule has 0 aliphatic carbocycles. The van der Waals surface area contributed by atoms with E-state index < -0.39 is 0 Å². The minimum Gasteiger partial charge on any atom is -0.392 e. The largest absolute Gasteiger partial charge is 0.392 e. The van der Waals surface area contributed by atoms with Gasteiger partial charge in [0.1, 0.15) is 0 Å². The number of aliphatic hydroxyl groups is 1. The standard InChI is InChI=1S/C13H19NO/c1-2-11-3-5-12(6-4-11)9-14-8-7-13(15)10-14/h3-6,13,15H,2,7-10H2,1H3/t13-/m1/s1. The second-order valence-corrected chi connectivity index (χ2v) is 4.35. The summed E-state index contributed by atoms with van der Waals surface area (Å²) >= 11 is 0. The first-order valence-electron chi connectivity index (χ1n) is 5.76. The number of rotatable bonds is 3. The SMILES string of the molecule is CCc1ccc(CN2CC[C@@H](O)C2)cc1. The van der Waals surface area contributed by atoms with Crippen molar-refractivity contribution in [3.63, 3.8) is 0 Å². The molecule has 1 saturated heterocycles. The van der Waals surface area contributed by atoms with Gasteiger partial charge in [0.05, 0.1) is 6.10 Å². The minimum absolute atomic E-state index is 0.111. The van der Waals surface area contributed by atoms with Crippen molar-refractivity contribution in [3.8, 4) is 0 Å². The van der Waals surface area contributed by atoms with Crippen molar-refractivity contribution in [1.82, 2.24) is 4.90 Å². The molecule has 2 heteroatoms. The van der Waals surface area contributed by atoms with Gasteiger partial charge in [-0.3, -0.25) is 4.90 Å². The Kier molecular flexibility index (Phi) is 3.39. The molecule has 1 aromatic rings. The highest BCUT2D eigenvalue weighted by Gasteiger charge is 2.19. The minimum atomic E-state index is -0.111. The molecule has 1 aromatic carbocycles. The zero-order chi connectivity index (χ0) is 10.7. The average molecular weight is 205 g/mol. The smallest absolute Gasteiger partial charge is 0.0679 e. The van der Waals surface area contributed by atoms with Crippen LogP contribution < -0.4 is 0 Å². The Hall–Kier alpha value is -0.860. The van der Waals surface area contributed by atoms with Gasteiger partial charge in [-0.25, -0.2) is 0 Å². The Morgan fingerprint density at radius 1 is 1.27 bits per heavy atom. The van der Waals surface area contributed by atoms with Gasteiger partial charge in [-0.15, -0.1) is 0 Å². The molecule has 15 heavy (non-hydrogen) atoms. The van der Waals surface area contributed by atoms with Crippen LogP contribution in [0.1, 0.15) is 24.5 Å². The fraction of sp³-hybridized carbons (Fsp3) is 0.538. The molecule has 0 spiro atoms. The van der Waals surface area contributed by atoms with Gasteiger partial charge in [0.15, 0.2) is 0 Å². The van der Waals surface area contributed by atoms with Crippen molar-refractivity contribution in [2.24, 2.45) is 0 Å². The van der Waals surface area contributed by atoms with Crippen molar-refractivity contribution in [1.29, 1.82) is 0 Å². The van der Waals surface area contributed by atoms with Gasteiger partial charge in [0.2, 0.25) is 0 Å². The highest BCUT2D eigenvalue weighted by molar-refractivity contribution is 5.22. The van der Waals surface area contributed by atoms with Gasteiger partial charge in [0.25, 0.3) is 0 Å². The first kappa shape index (κ1) is 10.7. The summed E-state index contributed by atoms with van der Waals surface area (Å²) in [7, 11) is 0. The fourth-order valence-corrected chi connectivity index (χ4v) is 2.09. The summed E-state index contributed by atoms with van der Waals surface area (Å²) in [5, 5.41) is 9.42. The van der Waals surface area contributed by atoms with E-state index in [0.717, 1.165) is 32.5 Å². The Morgan fingerprint density at radius 2 is 1.93 bits per heavy atom. The van der Waals surface area contributed by atoms with Crippen LogP contribution in [-0.2, 0) is 13.0 Å². The third-order valence-corrected chi connectivity index (χ3v) is 3.08. The van der Waals surface area contributed by atoms with Crippen molar-refractivity contribution in [2.75, 3.05) is 13.1 Å². The average Bonchev–Trinajstić information content (AvgIpc) is 2.65. The molecule has 82 valence electrons. The van der Waals surface area contributed by atoms with Crippen molar-refractivity contribution >= 4 is 0 Å². The van der Waals surface area contributed by atoms with Crippen LogP contribution in [0.25, 0.3) is 0 Å². The van der Waals surface area contributed by atoms with Crippen LogP contribution in [-0.4, -0.2) is 29.2 Å². The van der Waals surface area contributed by atoms with Gasteiger partial charge in [-0.2, -0.15) is 0 Å². The van der Waals surface area contributed by atoms with Crippen LogP contribution in [0.4, 0.5) is 0 Å². The molecular weight excluding hydrogens is 186 g/mol. The van der Waals surface area contributed by atoms with Crippen LogP contribution in [0.5, 0.6) is 0 Å². The van der Waals surface area contributed by atoms with Crippen LogP contribution in [0.3, 0.4) is 0 Å². The van der Waals surface area contributed by atoms with Gasteiger partial charge < -0.3 is 5.11 Å². The predicted molar refractivity (Wildman–Crippen MR) is 61.7 cm³/mol. The third kappa shape index (κ3) is 2.80. The molecule has 2 nitrogen and oxygen atoms in total. The predicted octanol–water partition coefficient (Wildman–Crippen LogP) is 1.82. The van der Waals surface area contributed by atoms with Gasteiger partial charge in [0, 0.05) is 19.6 Å². The number of aliphatic hydroxyl groups excluding tert-OH is 1. The van der Waals surface area contributed by atoms with E-state index in [1.165, 1.54) is 11.1 Å². The molecule has 1 atom stereocenters. The second-order valence-electron chi connectivity index (χ2n) is 4.35. The Morgan fingerprint density at radius 3 is 2.47 bits per heavy atom. The molecule has 1 heterocycles. The lowest BCUT2D eigenvalue weighted by molar-refractivity contribution is 0.175. The van der Waals surface area contributed by atoms with Crippen LogP contribution in [0, 0.1) is 0 Å². The highest BCUT2D eigenvalue weighted by atomic mass is 16.3.